The minimum absolute atomic E-state index is 0.0686. The zero-order valence-corrected chi connectivity index (χ0v) is 14.7. The topological polar surface area (TPSA) is 58.1 Å². The Morgan fingerprint density at radius 1 is 1.19 bits per heavy atom. The van der Waals surface area contributed by atoms with Crippen molar-refractivity contribution in [2.45, 2.75) is 31.2 Å². The molecule has 1 aromatic heterocycles. The zero-order chi connectivity index (χ0) is 17.8. The van der Waals surface area contributed by atoms with Crippen LogP contribution in [0.25, 0.3) is 11.0 Å². The maximum atomic E-state index is 13.3. The number of nitrogens with zero attached hydrogens (tertiary/aromatic N) is 2. The number of likely N-dealkylation sites (tertiary alicyclic amines) is 1. The number of nitrogens with one attached hydrogen (secondary N) is 1. The second kappa shape index (κ2) is 5.59. The Kier molecular flexibility index (Phi) is 3.32. The van der Waals surface area contributed by atoms with Gasteiger partial charge in [0.1, 0.15) is 0 Å². The number of imidazole rings is 1. The number of rotatable bonds is 1. The Balaban J connectivity index is 1.50. The SMILES string of the molecule is Cn1c(=O)[nH]c2cc(C(=O)N3CCCC4c5ccccc5CC43)ccc21. The summed E-state index contributed by atoms with van der Waals surface area (Å²) in [6.07, 6.45) is 3.12. The molecular weight excluding hydrogens is 326 g/mol. The van der Waals surface area contributed by atoms with Gasteiger partial charge in [-0.3, -0.25) is 9.36 Å². The average Bonchev–Trinajstić information content (AvgIpc) is 3.18. The molecule has 1 aliphatic carbocycles. The van der Waals surface area contributed by atoms with Crippen LogP contribution in [0.4, 0.5) is 0 Å². The molecule has 1 saturated heterocycles. The van der Waals surface area contributed by atoms with Crippen LogP contribution in [-0.4, -0.2) is 32.9 Å². The molecule has 5 heteroatoms. The molecular formula is C21H21N3O2. The van der Waals surface area contributed by atoms with Gasteiger partial charge in [-0.05, 0) is 48.6 Å². The molecule has 2 aliphatic rings. The van der Waals surface area contributed by atoms with E-state index in [2.05, 4.69) is 34.1 Å². The van der Waals surface area contributed by atoms with Crippen molar-refractivity contribution >= 4 is 16.9 Å². The molecule has 1 amide bonds. The van der Waals surface area contributed by atoms with E-state index < -0.39 is 0 Å². The van der Waals surface area contributed by atoms with E-state index in [1.54, 1.807) is 11.6 Å². The lowest BCUT2D eigenvalue weighted by Gasteiger charge is -2.38. The molecule has 1 fully saturated rings. The zero-order valence-electron chi connectivity index (χ0n) is 14.7. The molecule has 5 nitrogen and oxygen atoms in total. The second-order valence-electron chi connectivity index (χ2n) is 7.44. The van der Waals surface area contributed by atoms with Crippen LogP contribution in [0.2, 0.25) is 0 Å². The van der Waals surface area contributed by atoms with E-state index in [1.807, 2.05) is 18.2 Å². The van der Waals surface area contributed by atoms with E-state index in [0.29, 0.717) is 17.0 Å². The first kappa shape index (κ1) is 15.4. The minimum atomic E-state index is -0.158. The standard InChI is InChI=1S/C21H21N3O2/c1-23-18-9-8-14(11-17(18)22-21(23)26)20(25)24-10-4-7-16-15-6-3-2-5-13(15)12-19(16)24/h2-3,5-6,8-9,11,16,19H,4,7,10,12H2,1H3,(H,22,26). The number of carbonyl (C=O) groups is 1. The Labute approximate surface area is 151 Å². The summed E-state index contributed by atoms with van der Waals surface area (Å²) in [5.74, 6) is 0.517. The molecule has 26 heavy (non-hydrogen) atoms. The number of fused-ring (bicyclic) bond motifs is 4. The largest absolute Gasteiger partial charge is 0.335 e. The summed E-state index contributed by atoms with van der Waals surface area (Å²) in [6, 6.07) is 14.3. The number of amides is 1. The van der Waals surface area contributed by atoms with Crippen LogP contribution < -0.4 is 5.69 Å². The first-order valence-corrected chi connectivity index (χ1v) is 9.21. The first-order valence-electron chi connectivity index (χ1n) is 9.21. The van der Waals surface area contributed by atoms with E-state index in [4.69, 9.17) is 0 Å². The van der Waals surface area contributed by atoms with Crippen LogP contribution in [0.5, 0.6) is 0 Å². The Morgan fingerprint density at radius 3 is 2.92 bits per heavy atom. The van der Waals surface area contributed by atoms with Gasteiger partial charge in [0.05, 0.1) is 11.0 Å². The van der Waals surface area contributed by atoms with Gasteiger partial charge in [-0.2, -0.15) is 0 Å². The van der Waals surface area contributed by atoms with Gasteiger partial charge in [-0.25, -0.2) is 4.79 Å². The van der Waals surface area contributed by atoms with Crippen molar-refractivity contribution in [2.75, 3.05) is 6.54 Å². The van der Waals surface area contributed by atoms with Crippen molar-refractivity contribution in [2.24, 2.45) is 7.05 Å². The number of H-pyrrole nitrogens is 1. The highest BCUT2D eigenvalue weighted by Crippen LogP contribution is 2.42. The van der Waals surface area contributed by atoms with Crippen molar-refractivity contribution in [1.29, 1.82) is 0 Å². The highest BCUT2D eigenvalue weighted by Gasteiger charge is 2.40. The van der Waals surface area contributed by atoms with Crippen molar-refractivity contribution in [1.82, 2.24) is 14.5 Å². The summed E-state index contributed by atoms with van der Waals surface area (Å²) < 4.78 is 1.56. The Hall–Kier alpha value is -2.82. The highest BCUT2D eigenvalue weighted by atomic mass is 16.2. The monoisotopic (exact) mass is 347 g/mol. The highest BCUT2D eigenvalue weighted by molar-refractivity contribution is 5.97. The molecule has 1 N–H and O–H groups in total. The number of piperidine rings is 1. The molecule has 0 bridgehead atoms. The minimum Gasteiger partial charge on any atom is -0.335 e. The third kappa shape index (κ3) is 2.16. The number of hydrogen-bond donors (Lipinski definition) is 1. The van der Waals surface area contributed by atoms with Gasteiger partial charge < -0.3 is 9.88 Å². The van der Waals surface area contributed by atoms with Crippen LogP contribution in [0.1, 0.15) is 40.2 Å². The van der Waals surface area contributed by atoms with Crippen LogP contribution in [0.3, 0.4) is 0 Å². The van der Waals surface area contributed by atoms with E-state index in [9.17, 15) is 9.59 Å². The molecule has 5 rings (SSSR count). The van der Waals surface area contributed by atoms with E-state index in [1.165, 1.54) is 11.1 Å². The smallest absolute Gasteiger partial charge is 0.326 e. The molecule has 2 unspecified atom stereocenters. The van der Waals surface area contributed by atoms with E-state index in [-0.39, 0.29) is 17.6 Å². The summed E-state index contributed by atoms with van der Waals surface area (Å²) in [7, 11) is 1.73. The maximum absolute atomic E-state index is 13.3. The summed E-state index contributed by atoms with van der Waals surface area (Å²) in [6.45, 7) is 0.803. The van der Waals surface area contributed by atoms with Crippen molar-refractivity contribution in [3.8, 4) is 0 Å². The van der Waals surface area contributed by atoms with Crippen LogP contribution in [0, 0.1) is 0 Å². The maximum Gasteiger partial charge on any atom is 0.326 e. The normalized spacial score (nSPS) is 21.7. The van der Waals surface area contributed by atoms with Crippen molar-refractivity contribution in [3.63, 3.8) is 0 Å². The fourth-order valence-corrected chi connectivity index (χ4v) is 4.77. The third-order valence-corrected chi connectivity index (χ3v) is 6.07. The van der Waals surface area contributed by atoms with Gasteiger partial charge >= 0.3 is 5.69 Å². The first-order chi connectivity index (χ1) is 12.6. The lowest BCUT2D eigenvalue weighted by Crippen LogP contribution is -2.46. The molecule has 1 aliphatic heterocycles. The molecule has 2 atom stereocenters. The summed E-state index contributed by atoms with van der Waals surface area (Å²) in [5.41, 5.74) is 4.82. The van der Waals surface area contributed by atoms with E-state index in [0.717, 1.165) is 31.3 Å². The van der Waals surface area contributed by atoms with Crippen LogP contribution >= 0.6 is 0 Å². The number of aryl methyl sites for hydroxylation is 1. The lowest BCUT2D eigenvalue weighted by molar-refractivity contribution is 0.0595. The number of aromatic amines is 1. The predicted molar refractivity (Wildman–Crippen MR) is 100 cm³/mol. The fourth-order valence-electron chi connectivity index (χ4n) is 4.77. The molecule has 3 aromatic rings. The summed E-state index contributed by atoms with van der Waals surface area (Å²) in [4.78, 5) is 29.9. The van der Waals surface area contributed by atoms with Crippen molar-refractivity contribution in [3.05, 3.63) is 69.6 Å². The van der Waals surface area contributed by atoms with Gasteiger partial charge in [0.2, 0.25) is 0 Å². The molecule has 132 valence electrons. The van der Waals surface area contributed by atoms with Crippen LogP contribution in [0.15, 0.2) is 47.3 Å². The Bertz CT molecular complexity index is 1080. The number of benzene rings is 2. The number of hydrogen-bond acceptors (Lipinski definition) is 2. The molecule has 2 heterocycles. The van der Waals surface area contributed by atoms with Gasteiger partial charge in [0.25, 0.3) is 5.91 Å². The lowest BCUT2D eigenvalue weighted by atomic mass is 9.88. The molecule has 0 radical (unpaired) electrons. The van der Waals surface area contributed by atoms with Gasteiger partial charge in [-0.15, -0.1) is 0 Å². The van der Waals surface area contributed by atoms with Gasteiger partial charge in [0, 0.05) is 31.1 Å². The van der Waals surface area contributed by atoms with E-state index >= 15 is 0 Å². The number of aromatic nitrogens is 2. The van der Waals surface area contributed by atoms with Gasteiger partial charge in [-0.1, -0.05) is 24.3 Å². The Morgan fingerprint density at radius 2 is 2.04 bits per heavy atom. The van der Waals surface area contributed by atoms with Crippen molar-refractivity contribution < 1.29 is 4.79 Å². The predicted octanol–water partition coefficient (Wildman–Crippen LogP) is 2.81. The summed E-state index contributed by atoms with van der Waals surface area (Å²) >= 11 is 0. The molecule has 0 saturated carbocycles. The number of carbonyl (C=O) groups excluding carboxylic acids is 1. The summed E-state index contributed by atoms with van der Waals surface area (Å²) in [5, 5.41) is 0. The quantitative estimate of drug-likeness (QED) is 0.736. The fraction of sp³-hybridized carbons (Fsp3) is 0.333. The van der Waals surface area contributed by atoms with Gasteiger partial charge in [0.15, 0.2) is 0 Å². The molecule has 2 aromatic carbocycles. The third-order valence-electron chi connectivity index (χ3n) is 6.07. The second-order valence-corrected chi connectivity index (χ2v) is 7.44. The molecule has 0 spiro atoms. The average molecular weight is 347 g/mol. The van der Waals surface area contributed by atoms with Crippen LogP contribution in [-0.2, 0) is 13.5 Å².